The SMILES string of the molecule is O=C1CO[C@H]2OCC[C@@H]12. The fraction of sp³-hybridized carbons (Fsp3) is 0.833. The van der Waals surface area contributed by atoms with Gasteiger partial charge in [-0.2, -0.15) is 0 Å². The lowest BCUT2D eigenvalue weighted by molar-refractivity contribution is -0.120. The van der Waals surface area contributed by atoms with Crippen molar-refractivity contribution in [2.24, 2.45) is 5.92 Å². The maximum Gasteiger partial charge on any atom is 0.168 e. The van der Waals surface area contributed by atoms with Crippen molar-refractivity contribution in [1.82, 2.24) is 0 Å². The fourth-order valence-electron chi connectivity index (χ4n) is 1.31. The maximum absolute atomic E-state index is 10.9. The molecule has 2 fully saturated rings. The van der Waals surface area contributed by atoms with E-state index < -0.39 is 0 Å². The Hall–Kier alpha value is -0.410. The van der Waals surface area contributed by atoms with Crippen LogP contribution in [0.5, 0.6) is 0 Å². The van der Waals surface area contributed by atoms with Crippen LogP contribution in [-0.4, -0.2) is 25.3 Å². The Bertz CT molecular complexity index is 143. The number of carbonyl (C=O) groups excluding carboxylic acids is 1. The highest BCUT2D eigenvalue weighted by Gasteiger charge is 2.40. The van der Waals surface area contributed by atoms with Crippen LogP contribution in [0.4, 0.5) is 0 Å². The molecule has 0 amide bonds. The molecular weight excluding hydrogens is 120 g/mol. The minimum absolute atomic E-state index is 0.0602. The number of hydrogen-bond acceptors (Lipinski definition) is 3. The van der Waals surface area contributed by atoms with Gasteiger partial charge in [0.05, 0.1) is 12.5 Å². The van der Waals surface area contributed by atoms with Crippen molar-refractivity contribution in [3.63, 3.8) is 0 Å². The van der Waals surface area contributed by atoms with E-state index >= 15 is 0 Å². The Morgan fingerprint density at radius 3 is 3.11 bits per heavy atom. The van der Waals surface area contributed by atoms with Gasteiger partial charge in [-0.1, -0.05) is 0 Å². The molecule has 0 aromatic rings. The molecule has 0 aromatic heterocycles. The Morgan fingerprint density at radius 2 is 2.33 bits per heavy atom. The first-order chi connectivity index (χ1) is 4.38. The van der Waals surface area contributed by atoms with Crippen LogP contribution in [0.1, 0.15) is 6.42 Å². The van der Waals surface area contributed by atoms with E-state index in [1.165, 1.54) is 0 Å². The molecular formula is C6H8O3. The van der Waals surface area contributed by atoms with Gasteiger partial charge in [0, 0.05) is 0 Å². The topological polar surface area (TPSA) is 35.5 Å². The molecule has 9 heavy (non-hydrogen) atoms. The zero-order valence-electron chi connectivity index (χ0n) is 5.00. The molecule has 2 rings (SSSR count). The van der Waals surface area contributed by atoms with E-state index in [1.54, 1.807) is 0 Å². The summed E-state index contributed by atoms with van der Waals surface area (Å²) in [6, 6.07) is 0. The van der Waals surface area contributed by atoms with Gasteiger partial charge in [0.2, 0.25) is 0 Å². The molecule has 0 radical (unpaired) electrons. The third-order valence-electron chi connectivity index (χ3n) is 1.84. The number of carbonyl (C=O) groups is 1. The second-order valence-corrected chi connectivity index (χ2v) is 2.41. The van der Waals surface area contributed by atoms with Gasteiger partial charge in [-0.25, -0.2) is 0 Å². The Balaban J connectivity index is 2.15. The Labute approximate surface area is 52.9 Å². The molecule has 2 heterocycles. The van der Waals surface area contributed by atoms with Crippen molar-refractivity contribution in [2.45, 2.75) is 12.7 Å². The molecule has 0 aromatic carbocycles. The van der Waals surface area contributed by atoms with Crippen molar-refractivity contribution < 1.29 is 14.3 Å². The van der Waals surface area contributed by atoms with Crippen molar-refractivity contribution in [3.05, 3.63) is 0 Å². The summed E-state index contributed by atoms with van der Waals surface area (Å²) < 4.78 is 10.1. The van der Waals surface area contributed by atoms with E-state index in [0.717, 1.165) is 6.42 Å². The second-order valence-electron chi connectivity index (χ2n) is 2.41. The van der Waals surface area contributed by atoms with E-state index in [9.17, 15) is 4.79 Å². The van der Waals surface area contributed by atoms with Crippen LogP contribution >= 0.6 is 0 Å². The molecule has 3 nitrogen and oxygen atoms in total. The van der Waals surface area contributed by atoms with E-state index in [-0.39, 0.29) is 24.6 Å². The molecule has 2 aliphatic rings. The highest BCUT2D eigenvalue weighted by Crippen LogP contribution is 2.27. The van der Waals surface area contributed by atoms with Gasteiger partial charge >= 0.3 is 0 Å². The largest absolute Gasteiger partial charge is 0.352 e. The average Bonchev–Trinajstić information content (AvgIpc) is 2.35. The molecule has 50 valence electrons. The van der Waals surface area contributed by atoms with Gasteiger partial charge in [0.15, 0.2) is 12.1 Å². The standard InChI is InChI=1S/C6H8O3/c7-5-3-9-6-4(5)1-2-8-6/h4,6H,1-3H2/t4-,6+/m0/s1. The van der Waals surface area contributed by atoms with Crippen LogP contribution in [0.15, 0.2) is 0 Å². The van der Waals surface area contributed by atoms with Crippen molar-refractivity contribution >= 4 is 5.78 Å². The number of ether oxygens (including phenoxy) is 2. The molecule has 0 saturated carbocycles. The van der Waals surface area contributed by atoms with Crippen LogP contribution in [0.3, 0.4) is 0 Å². The summed E-state index contributed by atoms with van der Waals surface area (Å²) >= 11 is 0. The summed E-state index contributed by atoms with van der Waals surface area (Å²) in [6.45, 7) is 0.941. The normalized spacial score (nSPS) is 41.6. The third kappa shape index (κ3) is 0.686. The summed E-state index contributed by atoms with van der Waals surface area (Å²) in [5, 5.41) is 0. The number of ketones is 1. The minimum atomic E-state index is -0.197. The molecule has 0 spiro atoms. The summed E-state index contributed by atoms with van der Waals surface area (Å²) in [6.07, 6.45) is 0.654. The number of rotatable bonds is 0. The van der Waals surface area contributed by atoms with Crippen LogP contribution in [0.25, 0.3) is 0 Å². The smallest absolute Gasteiger partial charge is 0.168 e. The second kappa shape index (κ2) is 1.78. The van der Waals surface area contributed by atoms with Gasteiger partial charge in [0.1, 0.15) is 6.61 Å². The van der Waals surface area contributed by atoms with Crippen molar-refractivity contribution in [3.8, 4) is 0 Å². The van der Waals surface area contributed by atoms with Gasteiger partial charge in [-0.15, -0.1) is 0 Å². The number of fused-ring (bicyclic) bond motifs is 1. The third-order valence-corrected chi connectivity index (χ3v) is 1.84. The first-order valence-corrected chi connectivity index (χ1v) is 3.14. The molecule has 2 saturated heterocycles. The predicted octanol–water partition coefficient (Wildman–Crippen LogP) is -0.0517. The highest BCUT2D eigenvalue weighted by molar-refractivity contribution is 5.84. The number of hydrogen-bond donors (Lipinski definition) is 0. The van der Waals surface area contributed by atoms with Gasteiger partial charge < -0.3 is 9.47 Å². The van der Waals surface area contributed by atoms with Crippen LogP contribution in [-0.2, 0) is 14.3 Å². The zero-order chi connectivity index (χ0) is 6.27. The predicted molar refractivity (Wildman–Crippen MR) is 28.8 cm³/mol. The first kappa shape index (κ1) is 5.38. The molecule has 3 heteroatoms. The zero-order valence-corrected chi connectivity index (χ0v) is 5.00. The van der Waals surface area contributed by atoms with Crippen LogP contribution < -0.4 is 0 Å². The lowest BCUT2D eigenvalue weighted by Crippen LogP contribution is -2.13. The lowest BCUT2D eigenvalue weighted by atomic mass is 10.1. The number of Topliss-reactive ketones (excluding diaryl/α,β-unsaturated/α-hetero) is 1. The summed E-state index contributed by atoms with van der Waals surface area (Å²) in [7, 11) is 0. The first-order valence-electron chi connectivity index (χ1n) is 3.14. The quantitative estimate of drug-likeness (QED) is 0.458. The summed E-state index contributed by atoms with van der Waals surface area (Å²) in [5.74, 6) is 0.266. The van der Waals surface area contributed by atoms with Crippen molar-refractivity contribution in [2.75, 3.05) is 13.2 Å². The van der Waals surface area contributed by atoms with E-state index in [0.29, 0.717) is 6.61 Å². The average molecular weight is 128 g/mol. The fourth-order valence-corrected chi connectivity index (χ4v) is 1.31. The molecule has 0 unspecified atom stereocenters. The minimum Gasteiger partial charge on any atom is -0.352 e. The molecule has 2 atom stereocenters. The van der Waals surface area contributed by atoms with Crippen LogP contribution in [0.2, 0.25) is 0 Å². The Kier molecular flexibility index (Phi) is 1.07. The van der Waals surface area contributed by atoms with E-state index in [4.69, 9.17) is 9.47 Å². The highest BCUT2D eigenvalue weighted by atomic mass is 16.7. The molecule has 0 bridgehead atoms. The van der Waals surface area contributed by atoms with Gasteiger partial charge in [-0.3, -0.25) is 4.79 Å². The summed E-state index contributed by atoms with van der Waals surface area (Å²) in [4.78, 5) is 10.9. The monoisotopic (exact) mass is 128 g/mol. The molecule has 0 aliphatic carbocycles. The molecule has 2 aliphatic heterocycles. The van der Waals surface area contributed by atoms with Gasteiger partial charge in [-0.05, 0) is 6.42 Å². The van der Waals surface area contributed by atoms with Gasteiger partial charge in [0.25, 0.3) is 0 Å². The maximum atomic E-state index is 10.9. The summed E-state index contributed by atoms with van der Waals surface area (Å²) in [5.41, 5.74) is 0. The lowest BCUT2D eigenvalue weighted by Gasteiger charge is -2.02. The van der Waals surface area contributed by atoms with Crippen molar-refractivity contribution in [1.29, 1.82) is 0 Å². The van der Waals surface area contributed by atoms with E-state index in [2.05, 4.69) is 0 Å². The Morgan fingerprint density at radius 1 is 1.44 bits per heavy atom. The molecule has 0 N–H and O–H groups in total. The van der Waals surface area contributed by atoms with E-state index in [1.807, 2.05) is 0 Å². The van der Waals surface area contributed by atoms with Crippen LogP contribution in [0, 0.1) is 5.92 Å².